The van der Waals surface area contributed by atoms with E-state index in [0.29, 0.717) is 34.5 Å². The largest absolute Gasteiger partial charge is 0.461 e. The summed E-state index contributed by atoms with van der Waals surface area (Å²) in [5, 5.41) is 12.1. The summed E-state index contributed by atoms with van der Waals surface area (Å²) in [6.07, 6.45) is 6.38. The number of nitrogens with one attached hydrogen (secondary N) is 1. The summed E-state index contributed by atoms with van der Waals surface area (Å²) in [5.41, 5.74) is 0. The van der Waals surface area contributed by atoms with Crippen molar-refractivity contribution in [3.63, 3.8) is 0 Å². The molecule has 2 heterocycles. The molecule has 0 saturated heterocycles. The molecule has 2 aromatic heterocycles. The molecule has 1 aliphatic carbocycles. The number of carbonyl (C=O) groups excluding carboxylic acids is 1. The molecule has 0 aliphatic heterocycles. The lowest BCUT2D eigenvalue weighted by Crippen LogP contribution is -2.41. The Kier molecular flexibility index (Phi) is 5.05. The molecule has 7 heteroatoms. The van der Waals surface area contributed by atoms with E-state index in [4.69, 9.17) is 4.42 Å². The minimum Gasteiger partial charge on any atom is -0.461 e. The van der Waals surface area contributed by atoms with E-state index in [1.54, 1.807) is 6.26 Å². The number of hydrogen-bond donors (Lipinski definition) is 1. The van der Waals surface area contributed by atoms with Gasteiger partial charge in [-0.1, -0.05) is 31.5 Å². The number of carbonyl (C=O) groups is 1. The Morgan fingerprint density at radius 1 is 1.43 bits per heavy atom. The number of furan rings is 1. The Bertz CT molecular complexity index is 653. The monoisotopic (exact) mass is 334 g/mol. The molecule has 0 unspecified atom stereocenters. The SMILES string of the molecule is C[C@@H]1CCCC[C@@H]1NC(=O)CSc1nnc(-c2ccco2)n1C. The molecular weight excluding hydrogens is 312 g/mol. The molecule has 1 N–H and O–H groups in total. The van der Waals surface area contributed by atoms with Gasteiger partial charge in [-0.2, -0.15) is 0 Å². The van der Waals surface area contributed by atoms with Gasteiger partial charge < -0.3 is 14.3 Å². The van der Waals surface area contributed by atoms with Gasteiger partial charge in [0.15, 0.2) is 16.7 Å². The summed E-state index contributed by atoms with van der Waals surface area (Å²) in [5.74, 6) is 2.33. The molecule has 1 amide bonds. The van der Waals surface area contributed by atoms with Gasteiger partial charge in [0.2, 0.25) is 5.91 Å². The van der Waals surface area contributed by atoms with Crippen LogP contribution in [0.25, 0.3) is 11.6 Å². The fraction of sp³-hybridized carbons (Fsp3) is 0.562. The average Bonchev–Trinajstić information content (AvgIpc) is 3.17. The highest BCUT2D eigenvalue weighted by molar-refractivity contribution is 7.99. The van der Waals surface area contributed by atoms with Gasteiger partial charge in [0.25, 0.3) is 0 Å². The molecule has 23 heavy (non-hydrogen) atoms. The number of thioether (sulfide) groups is 1. The predicted molar refractivity (Wildman–Crippen MR) is 89.0 cm³/mol. The summed E-state index contributed by atoms with van der Waals surface area (Å²) < 4.78 is 7.19. The summed E-state index contributed by atoms with van der Waals surface area (Å²) in [4.78, 5) is 12.2. The van der Waals surface area contributed by atoms with Crippen LogP contribution in [0, 0.1) is 5.92 Å². The molecule has 2 atom stereocenters. The van der Waals surface area contributed by atoms with E-state index in [-0.39, 0.29) is 5.91 Å². The van der Waals surface area contributed by atoms with Crippen molar-refractivity contribution in [2.24, 2.45) is 13.0 Å². The number of nitrogens with zero attached hydrogens (tertiary/aromatic N) is 3. The maximum atomic E-state index is 12.2. The predicted octanol–water partition coefficient (Wildman–Crippen LogP) is 2.86. The first kappa shape index (κ1) is 16.1. The maximum Gasteiger partial charge on any atom is 0.230 e. The average molecular weight is 334 g/mol. The van der Waals surface area contributed by atoms with Gasteiger partial charge in [-0.15, -0.1) is 10.2 Å². The highest BCUT2D eigenvalue weighted by atomic mass is 32.2. The zero-order chi connectivity index (χ0) is 16.2. The number of hydrogen-bond acceptors (Lipinski definition) is 5. The quantitative estimate of drug-likeness (QED) is 0.851. The lowest BCUT2D eigenvalue weighted by atomic mass is 9.86. The van der Waals surface area contributed by atoms with Gasteiger partial charge in [-0.05, 0) is 30.9 Å². The second kappa shape index (κ2) is 7.21. The van der Waals surface area contributed by atoms with Crippen LogP contribution in [0.1, 0.15) is 32.6 Å². The lowest BCUT2D eigenvalue weighted by Gasteiger charge is -2.29. The topological polar surface area (TPSA) is 73.0 Å². The van der Waals surface area contributed by atoms with Crippen molar-refractivity contribution < 1.29 is 9.21 Å². The minimum atomic E-state index is 0.0660. The van der Waals surface area contributed by atoms with Crippen molar-refractivity contribution in [3.8, 4) is 11.6 Å². The van der Waals surface area contributed by atoms with Gasteiger partial charge in [0.05, 0.1) is 12.0 Å². The number of amides is 1. The Morgan fingerprint density at radius 3 is 3.00 bits per heavy atom. The van der Waals surface area contributed by atoms with E-state index in [2.05, 4.69) is 22.4 Å². The zero-order valence-corrected chi connectivity index (χ0v) is 14.3. The fourth-order valence-corrected chi connectivity index (χ4v) is 3.69. The summed E-state index contributed by atoms with van der Waals surface area (Å²) >= 11 is 1.40. The second-order valence-corrected chi connectivity index (χ2v) is 7.01. The normalized spacial score (nSPS) is 21.3. The third-order valence-electron chi connectivity index (χ3n) is 4.37. The second-order valence-electron chi connectivity index (χ2n) is 6.07. The molecule has 1 aliphatic rings. The summed E-state index contributed by atoms with van der Waals surface area (Å²) in [7, 11) is 1.88. The van der Waals surface area contributed by atoms with E-state index in [9.17, 15) is 4.79 Å². The van der Waals surface area contributed by atoms with Gasteiger partial charge in [-0.3, -0.25) is 4.79 Å². The first-order chi connectivity index (χ1) is 11.1. The van der Waals surface area contributed by atoms with Gasteiger partial charge in [0, 0.05) is 13.1 Å². The molecule has 0 radical (unpaired) electrons. The molecule has 0 bridgehead atoms. The Labute approximate surface area is 140 Å². The highest BCUT2D eigenvalue weighted by Gasteiger charge is 2.23. The molecule has 124 valence electrons. The van der Waals surface area contributed by atoms with Crippen molar-refractivity contribution in [1.29, 1.82) is 0 Å². The van der Waals surface area contributed by atoms with Crippen LogP contribution >= 0.6 is 11.8 Å². The number of rotatable bonds is 5. The smallest absolute Gasteiger partial charge is 0.230 e. The first-order valence-electron chi connectivity index (χ1n) is 8.00. The third-order valence-corrected chi connectivity index (χ3v) is 5.39. The molecule has 3 rings (SSSR count). The van der Waals surface area contributed by atoms with Crippen molar-refractivity contribution >= 4 is 17.7 Å². The van der Waals surface area contributed by atoms with Crippen LogP contribution in [0.15, 0.2) is 28.0 Å². The molecule has 6 nitrogen and oxygen atoms in total. The minimum absolute atomic E-state index is 0.0660. The zero-order valence-electron chi connectivity index (χ0n) is 13.5. The van der Waals surface area contributed by atoms with Crippen molar-refractivity contribution in [1.82, 2.24) is 20.1 Å². The maximum absolute atomic E-state index is 12.2. The van der Waals surface area contributed by atoms with Gasteiger partial charge >= 0.3 is 0 Å². The van der Waals surface area contributed by atoms with Crippen molar-refractivity contribution in [2.45, 2.75) is 43.8 Å². The standard InChI is InChI=1S/C16H22N4O2S/c1-11-6-3-4-7-12(11)17-14(21)10-23-16-19-18-15(20(16)2)13-8-5-9-22-13/h5,8-9,11-12H,3-4,6-7,10H2,1-2H3,(H,17,21)/t11-,12+/m1/s1. The van der Waals surface area contributed by atoms with E-state index >= 15 is 0 Å². The van der Waals surface area contributed by atoms with Crippen LogP contribution in [-0.4, -0.2) is 32.5 Å². The lowest BCUT2D eigenvalue weighted by molar-refractivity contribution is -0.119. The van der Waals surface area contributed by atoms with E-state index in [1.165, 1.54) is 31.0 Å². The van der Waals surface area contributed by atoms with Gasteiger partial charge in [-0.25, -0.2) is 0 Å². The Morgan fingerprint density at radius 2 is 2.26 bits per heavy atom. The fourth-order valence-electron chi connectivity index (χ4n) is 2.97. The molecule has 1 fully saturated rings. The van der Waals surface area contributed by atoms with Crippen LogP contribution in [0.4, 0.5) is 0 Å². The molecule has 1 saturated carbocycles. The number of aromatic nitrogens is 3. The Hall–Kier alpha value is -1.76. The molecule has 0 spiro atoms. The van der Waals surface area contributed by atoms with Crippen LogP contribution in [0.2, 0.25) is 0 Å². The van der Waals surface area contributed by atoms with E-state index < -0.39 is 0 Å². The van der Waals surface area contributed by atoms with Gasteiger partial charge in [0.1, 0.15) is 0 Å². The van der Waals surface area contributed by atoms with Crippen molar-refractivity contribution in [2.75, 3.05) is 5.75 Å². The molecule has 2 aromatic rings. The van der Waals surface area contributed by atoms with Crippen LogP contribution < -0.4 is 5.32 Å². The van der Waals surface area contributed by atoms with Crippen LogP contribution in [0.3, 0.4) is 0 Å². The molecule has 0 aromatic carbocycles. The van der Waals surface area contributed by atoms with E-state index in [1.807, 2.05) is 23.7 Å². The van der Waals surface area contributed by atoms with Crippen LogP contribution in [0.5, 0.6) is 0 Å². The third kappa shape index (κ3) is 3.77. The summed E-state index contributed by atoms with van der Waals surface area (Å²) in [6, 6.07) is 3.97. The van der Waals surface area contributed by atoms with Crippen molar-refractivity contribution in [3.05, 3.63) is 18.4 Å². The summed E-state index contributed by atoms with van der Waals surface area (Å²) in [6.45, 7) is 2.22. The van der Waals surface area contributed by atoms with E-state index in [0.717, 1.165) is 6.42 Å². The first-order valence-corrected chi connectivity index (χ1v) is 8.99. The molecular formula is C16H22N4O2S. The Balaban J connectivity index is 1.55. The highest BCUT2D eigenvalue weighted by Crippen LogP contribution is 2.25. The van der Waals surface area contributed by atoms with Crippen LogP contribution in [-0.2, 0) is 11.8 Å².